The molecule has 28 heavy (non-hydrogen) atoms. The van der Waals surface area contributed by atoms with Crippen LogP contribution < -0.4 is 20.1 Å². The van der Waals surface area contributed by atoms with Gasteiger partial charge in [-0.05, 0) is 29.7 Å². The molecule has 0 bridgehead atoms. The summed E-state index contributed by atoms with van der Waals surface area (Å²) in [5.74, 6) is 1.85. The summed E-state index contributed by atoms with van der Waals surface area (Å²) in [4.78, 5) is 20.6. The van der Waals surface area contributed by atoms with Crippen molar-refractivity contribution in [1.29, 1.82) is 0 Å². The van der Waals surface area contributed by atoms with Crippen LogP contribution in [-0.2, 0) is 13.0 Å². The van der Waals surface area contributed by atoms with Gasteiger partial charge in [0.1, 0.15) is 17.8 Å². The van der Waals surface area contributed by atoms with E-state index in [-0.39, 0.29) is 12.7 Å². The van der Waals surface area contributed by atoms with E-state index in [1.165, 1.54) is 11.9 Å². The Morgan fingerprint density at radius 1 is 0.964 bits per heavy atom. The fourth-order valence-electron chi connectivity index (χ4n) is 2.88. The average Bonchev–Trinajstić information content (AvgIpc) is 3.21. The van der Waals surface area contributed by atoms with Crippen molar-refractivity contribution in [2.45, 2.75) is 13.0 Å². The Hall–Kier alpha value is -3.61. The molecule has 0 aliphatic carbocycles. The molecule has 7 heteroatoms. The molecule has 1 amide bonds. The number of anilines is 1. The Bertz CT molecular complexity index is 963. The average molecular weight is 376 g/mol. The zero-order valence-electron chi connectivity index (χ0n) is 15.2. The Morgan fingerprint density at radius 3 is 2.71 bits per heavy atom. The van der Waals surface area contributed by atoms with Crippen molar-refractivity contribution in [3.63, 3.8) is 0 Å². The van der Waals surface area contributed by atoms with E-state index in [2.05, 4.69) is 20.6 Å². The monoisotopic (exact) mass is 376 g/mol. The molecule has 2 N–H and O–H groups in total. The van der Waals surface area contributed by atoms with E-state index in [1.54, 1.807) is 6.07 Å². The first-order valence-electron chi connectivity index (χ1n) is 9.04. The van der Waals surface area contributed by atoms with Crippen molar-refractivity contribution in [2.24, 2.45) is 0 Å². The third-order valence-corrected chi connectivity index (χ3v) is 4.35. The van der Waals surface area contributed by atoms with Gasteiger partial charge in [-0.15, -0.1) is 0 Å². The molecule has 0 saturated heterocycles. The normalized spacial score (nSPS) is 11.9. The van der Waals surface area contributed by atoms with Gasteiger partial charge >= 0.3 is 0 Å². The van der Waals surface area contributed by atoms with Crippen molar-refractivity contribution < 1.29 is 14.3 Å². The minimum absolute atomic E-state index is 0.218. The Morgan fingerprint density at radius 2 is 1.82 bits per heavy atom. The van der Waals surface area contributed by atoms with E-state index >= 15 is 0 Å². The molecule has 0 fully saturated rings. The van der Waals surface area contributed by atoms with Crippen LogP contribution in [0.2, 0.25) is 0 Å². The van der Waals surface area contributed by atoms with Crippen molar-refractivity contribution in [3.8, 4) is 11.5 Å². The summed E-state index contributed by atoms with van der Waals surface area (Å²) >= 11 is 0. The SMILES string of the molecule is O=C(NCCc1ccccc1)c1cc(NCc2ccc3c(c2)OCO3)ncn1. The topological polar surface area (TPSA) is 85.4 Å². The fraction of sp³-hybridized carbons (Fsp3) is 0.190. The highest BCUT2D eigenvalue weighted by Gasteiger charge is 2.13. The molecular formula is C21H20N4O3. The minimum Gasteiger partial charge on any atom is -0.454 e. The zero-order chi connectivity index (χ0) is 19.2. The fourth-order valence-corrected chi connectivity index (χ4v) is 2.88. The molecule has 3 aromatic rings. The molecule has 2 heterocycles. The number of aromatic nitrogens is 2. The van der Waals surface area contributed by atoms with E-state index in [4.69, 9.17) is 9.47 Å². The first-order valence-corrected chi connectivity index (χ1v) is 9.04. The summed E-state index contributed by atoms with van der Waals surface area (Å²) in [5, 5.41) is 6.09. The third kappa shape index (κ3) is 4.37. The second-order valence-electron chi connectivity index (χ2n) is 6.32. The Balaban J connectivity index is 1.31. The summed E-state index contributed by atoms with van der Waals surface area (Å²) in [7, 11) is 0. The predicted molar refractivity (Wildman–Crippen MR) is 104 cm³/mol. The number of hydrogen-bond acceptors (Lipinski definition) is 6. The number of rotatable bonds is 7. The van der Waals surface area contributed by atoms with Crippen LogP contribution in [0.1, 0.15) is 21.6 Å². The number of nitrogens with one attached hydrogen (secondary N) is 2. The van der Waals surface area contributed by atoms with Crippen LogP contribution in [-0.4, -0.2) is 29.2 Å². The lowest BCUT2D eigenvalue weighted by Crippen LogP contribution is -2.26. The van der Waals surface area contributed by atoms with Gasteiger partial charge in [-0.1, -0.05) is 36.4 Å². The number of carbonyl (C=O) groups is 1. The second-order valence-corrected chi connectivity index (χ2v) is 6.32. The standard InChI is InChI=1S/C21H20N4O3/c26-21(22-9-8-15-4-2-1-3-5-15)17-11-20(25-13-24-17)23-12-16-6-7-18-19(10-16)28-14-27-18/h1-7,10-11,13H,8-9,12,14H2,(H,22,26)(H,23,24,25). The number of benzene rings is 2. The molecule has 0 radical (unpaired) electrons. The summed E-state index contributed by atoms with van der Waals surface area (Å²) in [6.07, 6.45) is 2.15. The third-order valence-electron chi connectivity index (χ3n) is 4.35. The highest BCUT2D eigenvalue weighted by molar-refractivity contribution is 5.92. The van der Waals surface area contributed by atoms with E-state index in [0.717, 1.165) is 23.5 Å². The number of ether oxygens (including phenoxy) is 2. The number of carbonyl (C=O) groups excluding carboxylic acids is 1. The second kappa shape index (κ2) is 8.39. The van der Waals surface area contributed by atoms with Gasteiger partial charge in [0, 0.05) is 19.2 Å². The predicted octanol–water partition coefficient (Wildman–Crippen LogP) is 2.79. The maximum atomic E-state index is 12.3. The molecular weight excluding hydrogens is 356 g/mol. The number of nitrogens with zero attached hydrogens (tertiary/aromatic N) is 2. The molecule has 0 spiro atoms. The van der Waals surface area contributed by atoms with E-state index in [9.17, 15) is 4.79 Å². The number of amides is 1. The van der Waals surface area contributed by atoms with Crippen molar-refractivity contribution in [1.82, 2.24) is 15.3 Å². The van der Waals surface area contributed by atoms with E-state index in [1.807, 2.05) is 48.5 Å². The van der Waals surface area contributed by atoms with Gasteiger partial charge < -0.3 is 20.1 Å². The molecule has 4 rings (SSSR count). The van der Waals surface area contributed by atoms with Gasteiger partial charge in [-0.25, -0.2) is 9.97 Å². The lowest BCUT2D eigenvalue weighted by Gasteiger charge is -2.08. The first kappa shape index (κ1) is 17.8. The maximum Gasteiger partial charge on any atom is 0.270 e. The molecule has 7 nitrogen and oxygen atoms in total. The summed E-state index contributed by atoms with van der Waals surface area (Å²) in [6, 6.07) is 17.4. The van der Waals surface area contributed by atoms with Gasteiger partial charge in [-0.2, -0.15) is 0 Å². The molecule has 1 aliphatic rings. The number of fused-ring (bicyclic) bond motifs is 1. The molecule has 1 aliphatic heterocycles. The minimum atomic E-state index is -0.218. The van der Waals surface area contributed by atoms with Crippen LogP contribution in [0.3, 0.4) is 0 Å². The van der Waals surface area contributed by atoms with Crippen LogP contribution in [0.4, 0.5) is 5.82 Å². The highest BCUT2D eigenvalue weighted by atomic mass is 16.7. The zero-order valence-corrected chi connectivity index (χ0v) is 15.2. The molecule has 0 unspecified atom stereocenters. The quantitative estimate of drug-likeness (QED) is 0.660. The van der Waals surface area contributed by atoms with Crippen LogP contribution in [0.5, 0.6) is 11.5 Å². The largest absolute Gasteiger partial charge is 0.454 e. The molecule has 142 valence electrons. The summed E-state index contributed by atoms with van der Waals surface area (Å²) < 4.78 is 10.7. The van der Waals surface area contributed by atoms with Crippen molar-refractivity contribution in [2.75, 3.05) is 18.7 Å². The lowest BCUT2D eigenvalue weighted by atomic mass is 10.1. The maximum absolute atomic E-state index is 12.3. The van der Waals surface area contributed by atoms with Crippen molar-refractivity contribution >= 4 is 11.7 Å². The molecule has 2 aromatic carbocycles. The van der Waals surface area contributed by atoms with E-state index < -0.39 is 0 Å². The molecule has 0 atom stereocenters. The smallest absolute Gasteiger partial charge is 0.270 e. The van der Waals surface area contributed by atoms with Crippen LogP contribution >= 0.6 is 0 Å². The Kier molecular flexibility index (Phi) is 5.33. The van der Waals surface area contributed by atoms with Crippen molar-refractivity contribution in [3.05, 3.63) is 77.7 Å². The van der Waals surface area contributed by atoms with Gasteiger partial charge in [0.25, 0.3) is 5.91 Å². The number of hydrogen-bond donors (Lipinski definition) is 2. The van der Waals surface area contributed by atoms with Crippen LogP contribution in [0, 0.1) is 0 Å². The summed E-state index contributed by atoms with van der Waals surface area (Å²) in [6.45, 7) is 1.34. The lowest BCUT2D eigenvalue weighted by molar-refractivity contribution is 0.0949. The highest BCUT2D eigenvalue weighted by Crippen LogP contribution is 2.32. The van der Waals surface area contributed by atoms with Crippen LogP contribution in [0.15, 0.2) is 60.9 Å². The van der Waals surface area contributed by atoms with Gasteiger partial charge in [0.2, 0.25) is 6.79 Å². The van der Waals surface area contributed by atoms with Gasteiger partial charge in [-0.3, -0.25) is 4.79 Å². The molecule has 1 aromatic heterocycles. The van der Waals surface area contributed by atoms with Gasteiger partial charge in [0.15, 0.2) is 11.5 Å². The van der Waals surface area contributed by atoms with Crippen LogP contribution in [0.25, 0.3) is 0 Å². The Labute approximate surface area is 162 Å². The van der Waals surface area contributed by atoms with E-state index in [0.29, 0.717) is 24.6 Å². The summed E-state index contributed by atoms with van der Waals surface area (Å²) in [5.41, 5.74) is 2.53. The molecule has 0 saturated carbocycles. The van der Waals surface area contributed by atoms with Gasteiger partial charge in [0.05, 0.1) is 0 Å². The first-order chi connectivity index (χ1) is 13.8.